The fraction of sp³-hybridized carbons (Fsp3) is 0.269. The molecule has 2 aliphatic rings. The number of anilines is 4. The van der Waals surface area contributed by atoms with E-state index in [-0.39, 0.29) is 17.7 Å². The maximum Gasteiger partial charge on any atom is 0.247 e. The second-order valence-electron chi connectivity index (χ2n) is 8.68. The topological polar surface area (TPSA) is 91.8 Å². The number of fused-ring (bicyclic) bond motifs is 1. The molecule has 0 aliphatic carbocycles. The van der Waals surface area contributed by atoms with Crippen LogP contribution in [0.1, 0.15) is 11.3 Å². The van der Waals surface area contributed by atoms with Crippen molar-refractivity contribution in [3.8, 4) is 11.6 Å². The highest BCUT2D eigenvalue weighted by atomic mass is 19.1. The van der Waals surface area contributed by atoms with E-state index in [0.29, 0.717) is 47.6 Å². The smallest absolute Gasteiger partial charge is 0.247 e. The fourth-order valence-electron chi connectivity index (χ4n) is 4.12. The Morgan fingerprint density at radius 3 is 2.72 bits per heavy atom. The molecule has 1 amide bonds. The van der Waals surface area contributed by atoms with Crippen LogP contribution in [-0.4, -0.2) is 54.0 Å². The number of carbonyl (C=O) groups is 1. The summed E-state index contributed by atoms with van der Waals surface area (Å²) in [5, 5.41) is 5.79. The zero-order chi connectivity index (χ0) is 25.1. The molecule has 0 bridgehead atoms. The van der Waals surface area contributed by atoms with Gasteiger partial charge >= 0.3 is 0 Å². The molecule has 10 heteroatoms. The highest BCUT2D eigenvalue weighted by Crippen LogP contribution is 2.33. The second-order valence-corrected chi connectivity index (χ2v) is 8.68. The van der Waals surface area contributed by atoms with Gasteiger partial charge in [0.05, 0.1) is 30.2 Å². The van der Waals surface area contributed by atoms with Gasteiger partial charge < -0.3 is 29.9 Å². The summed E-state index contributed by atoms with van der Waals surface area (Å²) < 4.78 is 26.6. The van der Waals surface area contributed by atoms with Crippen LogP contribution in [0.2, 0.25) is 0 Å². The van der Waals surface area contributed by atoms with Crippen molar-refractivity contribution in [3.63, 3.8) is 0 Å². The molecule has 2 aliphatic heterocycles. The van der Waals surface area contributed by atoms with E-state index in [1.165, 1.54) is 12.1 Å². The van der Waals surface area contributed by atoms with E-state index in [9.17, 15) is 9.18 Å². The summed E-state index contributed by atoms with van der Waals surface area (Å²) in [6, 6.07) is 12.0. The van der Waals surface area contributed by atoms with Crippen LogP contribution < -0.4 is 20.3 Å². The summed E-state index contributed by atoms with van der Waals surface area (Å²) in [5.41, 5.74) is 3.13. The summed E-state index contributed by atoms with van der Waals surface area (Å²) in [4.78, 5) is 25.0. The van der Waals surface area contributed by atoms with Gasteiger partial charge in [-0.1, -0.05) is 12.6 Å². The Labute approximate surface area is 208 Å². The number of carbonyl (C=O) groups excluding carboxylic acids is 1. The highest BCUT2D eigenvalue weighted by Gasteiger charge is 2.23. The summed E-state index contributed by atoms with van der Waals surface area (Å²) >= 11 is 0. The van der Waals surface area contributed by atoms with Gasteiger partial charge in [0.1, 0.15) is 11.6 Å². The minimum absolute atomic E-state index is 0.275. The Kier molecular flexibility index (Phi) is 6.79. The number of nitrogens with zero attached hydrogens (tertiary/aromatic N) is 4. The molecule has 9 nitrogen and oxygen atoms in total. The van der Waals surface area contributed by atoms with Gasteiger partial charge in [-0.05, 0) is 43.5 Å². The molecule has 0 spiro atoms. The molecule has 186 valence electrons. The van der Waals surface area contributed by atoms with Gasteiger partial charge in [0.25, 0.3) is 0 Å². The van der Waals surface area contributed by atoms with Crippen LogP contribution >= 0.6 is 0 Å². The van der Waals surface area contributed by atoms with E-state index in [1.807, 2.05) is 6.07 Å². The number of amides is 1. The first-order valence-corrected chi connectivity index (χ1v) is 11.7. The van der Waals surface area contributed by atoms with Crippen LogP contribution in [0.25, 0.3) is 0 Å². The molecule has 5 rings (SSSR count). The average Bonchev–Trinajstić information content (AvgIpc) is 3.34. The summed E-state index contributed by atoms with van der Waals surface area (Å²) in [6.07, 6.45) is 1.20. The fourth-order valence-corrected chi connectivity index (χ4v) is 4.12. The van der Waals surface area contributed by atoms with Gasteiger partial charge in [-0.15, -0.1) is 0 Å². The highest BCUT2D eigenvalue weighted by molar-refractivity contribution is 5.98. The zero-order valence-corrected chi connectivity index (χ0v) is 20.0. The maximum atomic E-state index is 15.0. The number of aromatic nitrogens is 2. The molecule has 36 heavy (non-hydrogen) atoms. The molecular weight excluding hydrogens is 463 g/mol. The van der Waals surface area contributed by atoms with Crippen LogP contribution in [0, 0.1) is 5.82 Å². The number of ether oxygens (including phenoxy) is 2. The average molecular weight is 491 g/mol. The molecule has 0 saturated carbocycles. The molecule has 2 aromatic carbocycles. The molecular formula is C26H27FN6O3. The van der Waals surface area contributed by atoms with Crippen molar-refractivity contribution in [3.05, 3.63) is 72.2 Å². The number of benzene rings is 2. The Bertz CT molecular complexity index is 1290. The Hall–Kier alpha value is -4.02. The number of rotatable bonds is 7. The van der Waals surface area contributed by atoms with E-state index in [4.69, 9.17) is 9.47 Å². The number of piperazine rings is 1. The Balaban J connectivity index is 1.36. The van der Waals surface area contributed by atoms with Gasteiger partial charge in [-0.3, -0.25) is 4.79 Å². The minimum atomic E-state index is -0.319. The van der Waals surface area contributed by atoms with Gasteiger partial charge in [0, 0.05) is 43.6 Å². The molecule has 3 heterocycles. The number of nitrogens with one attached hydrogen (secondary N) is 2. The first-order valence-electron chi connectivity index (χ1n) is 11.7. The van der Waals surface area contributed by atoms with Crippen molar-refractivity contribution in [2.75, 3.05) is 48.8 Å². The first kappa shape index (κ1) is 23.7. The van der Waals surface area contributed by atoms with E-state index >= 15 is 0 Å². The molecule has 1 fully saturated rings. The monoisotopic (exact) mass is 490 g/mol. The first-order chi connectivity index (χ1) is 17.5. The van der Waals surface area contributed by atoms with E-state index < -0.39 is 0 Å². The number of likely N-dealkylation sites (N-methyl/N-ethyl adjacent to an activating group) is 1. The predicted molar refractivity (Wildman–Crippen MR) is 135 cm³/mol. The third-order valence-corrected chi connectivity index (χ3v) is 6.09. The maximum absolute atomic E-state index is 15.0. The third kappa shape index (κ3) is 5.29. The summed E-state index contributed by atoms with van der Waals surface area (Å²) in [6.45, 7) is 7.48. The predicted octanol–water partition coefficient (Wildman–Crippen LogP) is 4.06. The van der Waals surface area contributed by atoms with Crippen molar-refractivity contribution in [2.45, 2.75) is 13.2 Å². The van der Waals surface area contributed by atoms with E-state index in [1.54, 1.807) is 30.3 Å². The molecule has 0 radical (unpaired) electrons. The van der Waals surface area contributed by atoms with Crippen molar-refractivity contribution < 1.29 is 18.7 Å². The second kappa shape index (κ2) is 10.3. The lowest BCUT2D eigenvalue weighted by Crippen LogP contribution is -2.44. The van der Waals surface area contributed by atoms with Crippen LogP contribution in [0.5, 0.6) is 11.6 Å². The van der Waals surface area contributed by atoms with Crippen molar-refractivity contribution >= 4 is 28.9 Å². The normalized spacial score (nSPS) is 15.3. The molecule has 3 aromatic rings. The third-order valence-electron chi connectivity index (χ3n) is 6.09. The Morgan fingerprint density at radius 2 is 1.94 bits per heavy atom. The van der Waals surface area contributed by atoms with Crippen molar-refractivity contribution in [1.29, 1.82) is 0 Å². The Morgan fingerprint density at radius 1 is 1.11 bits per heavy atom. The van der Waals surface area contributed by atoms with Gasteiger partial charge in [-0.2, -0.15) is 4.98 Å². The van der Waals surface area contributed by atoms with Crippen molar-refractivity contribution in [1.82, 2.24) is 14.9 Å². The number of halogens is 1. The van der Waals surface area contributed by atoms with Crippen LogP contribution in [-0.2, 0) is 22.7 Å². The molecule has 1 aromatic heterocycles. The lowest BCUT2D eigenvalue weighted by molar-refractivity contribution is -0.111. The summed E-state index contributed by atoms with van der Waals surface area (Å²) in [7, 11) is 2.07. The number of hydrogen-bond acceptors (Lipinski definition) is 8. The van der Waals surface area contributed by atoms with E-state index in [0.717, 1.165) is 31.7 Å². The quantitative estimate of drug-likeness (QED) is 0.479. The zero-order valence-electron chi connectivity index (χ0n) is 20.0. The lowest BCUT2D eigenvalue weighted by atomic mass is 10.2. The van der Waals surface area contributed by atoms with Crippen molar-refractivity contribution in [2.24, 2.45) is 0 Å². The molecule has 0 unspecified atom stereocenters. The number of hydrogen-bond donors (Lipinski definition) is 2. The minimum Gasteiger partial charge on any atom is -0.438 e. The van der Waals surface area contributed by atoms with Gasteiger partial charge in [-0.25, -0.2) is 9.37 Å². The molecule has 0 atom stereocenters. The van der Waals surface area contributed by atoms with Crippen LogP contribution in [0.15, 0.2) is 55.1 Å². The largest absolute Gasteiger partial charge is 0.438 e. The van der Waals surface area contributed by atoms with Gasteiger partial charge in [0.15, 0.2) is 0 Å². The van der Waals surface area contributed by atoms with E-state index in [2.05, 4.69) is 44.0 Å². The van der Waals surface area contributed by atoms with Crippen LogP contribution in [0.3, 0.4) is 0 Å². The van der Waals surface area contributed by atoms with Crippen LogP contribution in [0.4, 0.5) is 27.4 Å². The van der Waals surface area contributed by atoms with Gasteiger partial charge in [0.2, 0.25) is 17.7 Å². The SMILES string of the molecule is C=CC(=O)Nc1cccc(Oc2nc(Nc3ccc(N4CCN(C)CC4)c(F)c3)nc3c2COC3)c1. The summed E-state index contributed by atoms with van der Waals surface area (Å²) in [5.74, 6) is 0.474. The molecule has 1 saturated heterocycles. The standard InChI is InChI=1S/C26H27FN6O3/c1-3-24(34)28-17-5-4-6-19(13-17)36-25-20-15-35-16-22(20)30-26(31-25)29-18-7-8-23(21(27)14-18)33-11-9-32(2)10-12-33/h3-8,13-14H,1,9-12,15-16H2,2H3,(H,28,34)(H,29,30,31). The lowest BCUT2D eigenvalue weighted by Gasteiger charge is -2.34. The molecule has 2 N–H and O–H groups in total.